The number of nitrogens with zero attached hydrogens (tertiary/aromatic N) is 1. The lowest BCUT2D eigenvalue weighted by molar-refractivity contribution is 1.27. The Labute approximate surface area is 148 Å². The van der Waals surface area contributed by atoms with Gasteiger partial charge in [-0.1, -0.05) is 91.0 Å². The summed E-state index contributed by atoms with van der Waals surface area (Å²) in [5, 5.41) is 0. The molecule has 0 saturated carbocycles. The van der Waals surface area contributed by atoms with Crippen LogP contribution in [0.1, 0.15) is 5.56 Å². The second-order valence-electron chi connectivity index (χ2n) is 6.14. The van der Waals surface area contributed by atoms with Crippen molar-refractivity contribution in [1.82, 2.24) is 4.98 Å². The van der Waals surface area contributed by atoms with Crippen LogP contribution >= 0.6 is 0 Å². The van der Waals surface area contributed by atoms with E-state index in [0.29, 0.717) is 0 Å². The maximum Gasteiger partial charge on any atom is 0.0786 e. The standard InChI is InChI=1S/C24H19N/c1-18-17-25-24(21-15-9-4-10-16-21)23(20-13-7-3-8-14-20)22(18)19-11-5-2-6-12-19/h2-17H,1H3. The molecule has 4 rings (SSSR count). The topological polar surface area (TPSA) is 12.9 Å². The van der Waals surface area contributed by atoms with Gasteiger partial charge in [0.2, 0.25) is 0 Å². The number of hydrogen-bond donors (Lipinski definition) is 0. The van der Waals surface area contributed by atoms with Crippen LogP contribution in [0.5, 0.6) is 0 Å². The van der Waals surface area contributed by atoms with Crippen molar-refractivity contribution in [2.24, 2.45) is 0 Å². The summed E-state index contributed by atoms with van der Waals surface area (Å²) in [6.45, 7) is 2.14. The SMILES string of the molecule is Cc1cnc(-c2ccccc2)c(-c2ccccc2)c1-c1ccccc1. The van der Waals surface area contributed by atoms with Gasteiger partial charge in [0.25, 0.3) is 0 Å². The lowest BCUT2D eigenvalue weighted by Gasteiger charge is -2.17. The maximum absolute atomic E-state index is 4.81. The Kier molecular flexibility index (Phi) is 4.14. The van der Waals surface area contributed by atoms with Gasteiger partial charge in [-0.3, -0.25) is 4.98 Å². The minimum atomic E-state index is 1.02. The van der Waals surface area contributed by atoms with Gasteiger partial charge in [-0.05, 0) is 29.2 Å². The van der Waals surface area contributed by atoms with Crippen LogP contribution in [0.3, 0.4) is 0 Å². The summed E-state index contributed by atoms with van der Waals surface area (Å²) in [5.41, 5.74) is 8.20. The molecule has 0 atom stereocenters. The molecule has 0 aliphatic rings. The number of benzene rings is 3. The van der Waals surface area contributed by atoms with Gasteiger partial charge in [0.05, 0.1) is 5.69 Å². The molecule has 0 unspecified atom stereocenters. The van der Waals surface area contributed by atoms with Crippen molar-refractivity contribution >= 4 is 0 Å². The zero-order valence-electron chi connectivity index (χ0n) is 14.2. The predicted octanol–water partition coefficient (Wildman–Crippen LogP) is 6.39. The van der Waals surface area contributed by atoms with Gasteiger partial charge in [-0.15, -0.1) is 0 Å². The fraction of sp³-hybridized carbons (Fsp3) is 0.0417. The molecule has 1 heterocycles. The van der Waals surface area contributed by atoms with Crippen molar-refractivity contribution < 1.29 is 0 Å². The van der Waals surface area contributed by atoms with Crippen molar-refractivity contribution in [3.8, 4) is 33.5 Å². The molecule has 0 radical (unpaired) electrons. The molecule has 25 heavy (non-hydrogen) atoms. The number of pyridine rings is 1. The molecule has 0 spiro atoms. The Hall–Kier alpha value is -3.19. The highest BCUT2D eigenvalue weighted by atomic mass is 14.7. The Balaban J connectivity index is 2.08. The molecule has 0 saturated heterocycles. The molecule has 0 aliphatic carbocycles. The molecule has 0 amide bonds. The molecule has 1 nitrogen and oxygen atoms in total. The third-order valence-corrected chi connectivity index (χ3v) is 4.44. The summed E-state index contributed by atoms with van der Waals surface area (Å²) < 4.78 is 0. The van der Waals surface area contributed by atoms with E-state index in [-0.39, 0.29) is 0 Å². The first kappa shape index (κ1) is 15.3. The van der Waals surface area contributed by atoms with E-state index in [1.165, 1.54) is 27.8 Å². The Morgan fingerprint density at radius 1 is 0.520 bits per heavy atom. The quantitative estimate of drug-likeness (QED) is 0.426. The van der Waals surface area contributed by atoms with Gasteiger partial charge in [-0.25, -0.2) is 0 Å². The smallest absolute Gasteiger partial charge is 0.0786 e. The molecule has 4 aromatic rings. The van der Waals surface area contributed by atoms with Crippen LogP contribution in [0, 0.1) is 6.92 Å². The van der Waals surface area contributed by atoms with E-state index in [9.17, 15) is 0 Å². The van der Waals surface area contributed by atoms with E-state index in [1.54, 1.807) is 0 Å². The van der Waals surface area contributed by atoms with E-state index >= 15 is 0 Å². The molecule has 0 fully saturated rings. The van der Waals surface area contributed by atoms with Crippen molar-refractivity contribution in [2.75, 3.05) is 0 Å². The molecule has 1 heteroatoms. The maximum atomic E-state index is 4.81. The zero-order chi connectivity index (χ0) is 17.1. The third-order valence-electron chi connectivity index (χ3n) is 4.44. The lowest BCUT2D eigenvalue weighted by Crippen LogP contribution is -1.96. The Morgan fingerprint density at radius 2 is 0.960 bits per heavy atom. The highest BCUT2D eigenvalue weighted by Gasteiger charge is 2.17. The summed E-state index contributed by atoms with van der Waals surface area (Å²) in [6, 6.07) is 31.5. The minimum Gasteiger partial charge on any atom is -0.255 e. The largest absolute Gasteiger partial charge is 0.255 e. The molecule has 0 bridgehead atoms. The molecular weight excluding hydrogens is 302 g/mol. The molecule has 0 aliphatic heterocycles. The third kappa shape index (κ3) is 2.97. The monoisotopic (exact) mass is 321 g/mol. The van der Waals surface area contributed by atoms with Crippen molar-refractivity contribution in [3.63, 3.8) is 0 Å². The predicted molar refractivity (Wildman–Crippen MR) is 105 cm³/mol. The summed E-state index contributed by atoms with van der Waals surface area (Å²) in [6.07, 6.45) is 1.98. The summed E-state index contributed by atoms with van der Waals surface area (Å²) in [4.78, 5) is 4.81. The first-order chi connectivity index (χ1) is 12.3. The second-order valence-corrected chi connectivity index (χ2v) is 6.14. The minimum absolute atomic E-state index is 1.02. The number of hydrogen-bond acceptors (Lipinski definition) is 1. The van der Waals surface area contributed by atoms with Crippen LogP contribution in [0.25, 0.3) is 33.5 Å². The Morgan fingerprint density at radius 3 is 1.48 bits per heavy atom. The fourth-order valence-corrected chi connectivity index (χ4v) is 3.28. The van der Waals surface area contributed by atoms with E-state index in [1.807, 2.05) is 12.3 Å². The summed E-state index contributed by atoms with van der Waals surface area (Å²) >= 11 is 0. The van der Waals surface area contributed by atoms with Crippen LogP contribution in [-0.4, -0.2) is 4.98 Å². The van der Waals surface area contributed by atoms with Crippen LogP contribution < -0.4 is 0 Å². The lowest BCUT2D eigenvalue weighted by atomic mass is 9.89. The van der Waals surface area contributed by atoms with Gasteiger partial charge in [-0.2, -0.15) is 0 Å². The summed E-state index contributed by atoms with van der Waals surface area (Å²) in [5.74, 6) is 0. The van der Waals surface area contributed by atoms with Crippen molar-refractivity contribution in [2.45, 2.75) is 6.92 Å². The fourth-order valence-electron chi connectivity index (χ4n) is 3.28. The average Bonchev–Trinajstić information content (AvgIpc) is 2.70. The molecule has 3 aromatic carbocycles. The van der Waals surface area contributed by atoms with E-state index in [4.69, 9.17) is 4.98 Å². The number of rotatable bonds is 3. The van der Waals surface area contributed by atoms with Crippen molar-refractivity contribution in [1.29, 1.82) is 0 Å². The zero-order valence-corrected chi connectivity index (χ0v) is 14.2. The second kappa shape index (κ2) is 6.74. The highest BCUT2D eigenvalue weighted by Crippen LogP contribution is 2.40. The summed E-state index contributed by atoms with van der Waals surface area (Å²) in [7, 11) is 0. The normalized spacial score (nSPS) is 10.6. The molecule has 1 aromatic heterocycles. The Bertz CT molecular complexity index is 974. The van der Waals surface area contributed by atoms with E-state index in [2.05, 4.69) is 91.9 Å². The van der Waals surface area contributed by atoms with E-state index < -0.39 is 0 Å². The van der Waals surface area contributed by atoms with Crippen LogP contribution in [0.4, 0.5) is 0 Å². The molecule has 120 valence electrons. The van der Waals surface area contributed by atoms with Gasteiger partial charge < -0.3 is 0 Å². The van der Waals surface area contributed by atoms with Gasteiger partial charge >= 0.3 is 0 Å². The average molecular weight is 321 g/mol. The van der Waals surface area contributed by atoms with Gasteiger partial charge in [0.1, 0.15) is 0 Å². The van der Waals surface area contributed by atoms with Crippen LogP contribution in [-0.2, 0) is 0 Å². The van der Waals surface area contributed by atoms with Gasteiger partial charge in [0, 0.05) is 17.3 Å². The number of aryl methyl sites for hydroxylation is 1. The number of aromatic nitrogens is 1. The van der Waals surface area contributed by atoms with Crippen LogP contribution in [0.15, 0.2) is 97.2 Å². The first-order valence-corrected chi connectivity index (χ1v) is 8.50. The molecular formula is C24H19N. The van der Waals surface area contributed by atoms with Crippen molar-refractivity contribution in [3.05, 3.63) is 103 Å². The van der Waals surface area contributed by atoms with Gasteiger partial charge in [0.15, 0.2) is 0 Å². The molecule has 0 N–H and O–H groups in total. The highest BCUT2D eigenvalue weighted by molar-refractivity contribution is 5.93. The first-order valence-electron chi connectivity index (χ1n) is 8.50. The van der Waals surface area contributed by atoms with E-state index in [0.717, 1.165) is 11.3 Å². The van der Waals surface area contributed by atoms with Crippen LogP contribution in [0.2, 0.25) is 0 Å².